The van der Waals surface area contributed by atoms with E-state index in [9.17, 15) is 19.2 Å². The number of amides is 3. The molecule has 0 radical (unpaired) electrons. The number of cyclic esters (lactones) is 1. The molecule has 3 rings (SSSR count). The van der Waals surface area contributed by atoms with E-state index in [4.69, 9.17) is 9.47 Å². The van der Waals surface area contributed by atoms with Gasteiger partial charge < -0.3 is 14.8 Å². The van der Waals surface area contributed by atoms with Crippen LogP contribution in [0.4, 0.5) is 9.59 Å². The van der Waals surface area contributed by atoms with Crippen LogP contribution in [0.5, 0.6) is 0 Å². The summed E-state index contributed by atoms with van der Waals surface area (Å²) in [5.74, 6) is -2.51. The first-order valence-corrected chi connectivity index (χ1v) is 9.48. The second kappa shape index (κ2) is 9.69. The van der Waals surface area contributed by atoms with Gasteiger partial charge in [0.1, 0.15) is 24.9 Å². The number of alkyl carbamates (subject to hydrolysis) is 1. The molecule has 0 unspecified atom stereocenters. The Balaban J connectivity index is 1.81. The van der Waals surface area contributed by atoms with Crippen molar-refractivity contribution in [1.82, 2.24) is 10.2 Å². The van der Waals surface area contributed by atoms with Crippen molar-refractivity contribution >= 4 is 23.9 Å². The SMILES string of the molecule is CC(=O)[C@@H](C(=O)N1CCOC1=O)[C@@H](NC(=O)OCc1ccccc1)c1ccccc1. The van der Waals surface area contributed by atoms with Crippen molar-refractivity contribution < 1.29 is 28.7 Å². The molecule has 0 aromatic heterocycles. The van der Waals surface area contributed by atoms with Gasteiger partial charge in [0.25, 0.3) is 0 Å². The Morgan fingerprint density at radius 3 is 2.27 bits per heavy atom. The highest BCUT2D eigenvalue weighted by Crippen LogP contribution is 2.26. The van der Waals surface area contributed by atoms with Crippen LogP contribution >= 0.6 is 0 Å². The Labute approximate surface area is 173 Å². The molecule has 2 aromatic rings. The summed E-state index contributed by atoms with van der Waals surface area (Å²) in [7, 11) is 0. The molecule has 30 heavy (non-hydrogen) atoms. The van der Waals surface area contributed by atoms with E-state index >= 15 is 0 Å². The highest BCUT2D eigenvalue weighted by molar-refractivity contribution is 6.06. The smallest absolute Gasteiger partial charge is 0.416 e. The molecule has 1 saturated heterocycles. The van der Waals surface area contributed by atoms with E-state index in [1.807, 2.05) is 30.3 Å². The molecule has 1 N–H and O–H groups in total. The number of imide groups is 1. The van der Waals surface area contributed by atoms with E-state index in [1.54, 1.807) is 30.3 Å². The molecule has 8 heteroatoms. The first-order chi connectivity index (χ1) is 14.5. The van der Waals surface area contributed by atoms with Gasteiger partial charge in [0.05, 0.1) is 12.6 Å². The van der Waals surface area contributed by atoms with Gasteiger partial charge in [-0.1, -0.05) is 60.7 Å². The van der Waals surface area contributed by atoms with Gasteiger partial charge in [-0.2, -0.15) is 0 Å². The Morgan fingerprint density at radius 1 is 1.07 bits per heavy atom. The topological polar surface area (TPSA) is 102 Å². The molecule has 1 heterocycles. The van der Waals surface area contributed by atoms with Crippen LogP contribution in [0.3, 0.4) is 0 Å². The molecular weight excluding hydrogens is 388 g/mol. The number of hydrogen-bond donors (Lipinski definition) is 1. The lowest BCUT2D eigenvalue weighted by atomic mass is 9.88. The van der Waals surface area contributed by atoms with E-state index in [-0.39, 0.29) is 19.8 Å². The Morgan fingerprint density at radius 2 is 1.70 bits per heavy atom. The van der Waals surface area contributed by atoms with Gasteiger partial charge in [-0.25, -0.2) is 14.5 Å². The minimum absolute atomic E-state index is 0.0331. The largest absolute Gasteiger partial charge is 0.447 e. The summed E-state index contributed by atoms with van der Waals surface area (Å²) >= 11 is 0. The molecule has 156 valence electrons. The summed E-state index contributed by atoms with van der Waals surface area (Å²) in [5, 5.41) is 2.62. The predicted molar refractivity (Wildman–Crippen MR) is 106 cm³/mol. The van der Waals surface area contributed by atoms with Crippen LogP contribution in [0.2, 0.25) is 0 Å². The Kier molecular flexibility index (Phi) is 6.79. The normalized spacial score (nSPS) is 15.1. The summed E-state index contributed by atoms with van der Waals surface area (Å²) in [6, 6.07) is 16.7. The first kappa shape index (κ1) is 21.0. The summed E-state index contributed by atoms with van der Waals surface area (Å²) in [6.45, 7) is 1.40. The zero-order chi connectivity index (χ0) is 21.5. The zero-order valence-corrected chi connectivity index (χ0v) is 16.4. The number of rotatable bonds is 7. The Bertz CT molecular complexity index is 916. The molecule has 1 aliphatic rings. The monoisotopic (exact) mass is 410 g/mol. The lowest BCUT2D eigenvalue weighted by Crippen LogP contribution is -2.46. The van der Waals surface area contributed by atoms with Crippen LogP contribution < -0.4 is 5.32 Å². The van der Waals surface area contributed by atoms with E-state index < -0.39 is 35.8 Å². The van der Waals surface area contributed by atoms with Crippen molar-refractivity contribution in [1.29, 1.82) is 0 Å². The molecule has 0 spiro atoms. The standard InChI is InChI=1S/C22H22N2O6/c1-15(25)18(20(26)24-12-13-29-22(24)28)19(17-10-6-3-7-11-17)23-21(27)30-14-16-8-4-2-5-9-16/h2-11,18-19H,12-14H2,1H3,(H,23,27)/t18-,19+/m1/s1. The van der Waals surface area contributed by atoms with Gasteiger partial charge >= 0.3 is 12.2 Å². The van der Waals surface area contributed by atoms with Gasteiger partial charge in [0, 0.05) is 0 Å². The average Bonchev–Trinajstić information content (AvgIpc) is 3.18. The van der Waals surface area contributed by atoms with E-state index in [0.29, 0.717) is 5.56 Å². The summed E-state index contributed by atoms with van der Waals surface area (Å²) in [5.41, 5.74) is 1.33. The summed E-state index contributed by atoms with van der Waals surface area (Å²) in [4.78, 5) is 50.6. The zero-order valence-electron chi connectivity index (χ0n) is 16.4. The van der Waals surface area contributed by atoms with Crippen LogP contribution in [-0.4, -0.2) is 41.9 Å². The van der Waals surface area contributed by atoms with Crippen LogP contribution in [0.15, 0.2) is 60.7 Å². The van der Waals surface area contributed by atoms with Crippen molar-refractivity contribution in [3.05, 3.63) is 71.8 Å². The molecule has 0 saturated carbocycles. The van der Waals surface area contributed by atoms with Crippen molar-refractivity contribution in [3.63, 3.8) is 0 Å². The third kappa shape index (κ3) is 5.02. The fourth-order valence-corrected chi connectivity index (χ4v) is 3.22. The van der Waals surface area contributed by atoms with E-state index in [2.05, 4.69) is 5.32 Å². The van der Waals surface area contributed by atoms with Crippen LogP contribution in [0.1, 0.15) is 24.1 Å². The molecule has 2 aromatic carbocycles. The molecule has 0 aliphatic carbocycles. The molecule has 3 amide bonds. The summed E-state index contributed by atoms with van der Waals surface area (Å²) < 4.78 is 10.1. The Hall–Kier alpha value is -3.68. The molecule has 2 atom stereocenters. The molecule has 1 aliphatic heterocycles. The lowest BCUT2D eigenvalue weighted by Gasteiger charge is -2.27. The van der Waals surface area contributed by atoms with Gasteiger partial charge in [-0.15, -0.1) is 0 Å². The molecule has 1 fully saturated rings. The highest BCUT2D eigenvalue weighted by Gasteiger charge is 2.41. The number of carbonyl (C=O) groups is 4. The van der Waals surface area contributed by atoms with Crippen molar-refractivity contribution in [2.75, 3.05) is 13.2 Å². The minimum atomic E-state index is -1.30. The van der Waals surface area contributed by atoms with Crippen molar-refractivity contribution in [2.24, 2.45) is 5.92 Å². The maximum absolute atomic E-state index is 13.0. The second-order valence-corrected chi connectivity index (χ2v) is 6.79. The summed E-state index contributed by atoms with van der Waals surface area (Å²) in [6.07, 6.45) is -1.58. The van der Waals surface area contributed by atoms with Crippen molar-refractivity contribution in [2.45, 2.75) is 19.6 Å². The van der Waals surface area contributed by atoms with Crippen LogP contribution in [0.25, 0.3) is 0 Å². The fourth-order valence-electron chi connectivity index (χ4n) is 3.22. The van der Waals surface area contributed by atoms with Gasteiger partial charge in [0.15, 0.2) is 0 Å². The average molecular weight is 410 g/mol. The minimum Gasteiger partial charge on any atom is -0.447 e. The number of Topliss-reactive ketones (excluding diaryl/α,β-unsaturated/α-hetero) is 1. The third-order valence-corrected chi connectivity index (χ3v) is 4.71. The van der Waals surface area contributed by atoms with Gasteiger partial charge in [0.2, 0.25) is 5.91 Å². The molecule has 8 nitrogen and oxygen atoms in total. The predicted octanol–water partition coefficient (Wildman–Crippen LogP) is 2.84. The first-order valence-electron chi connectivity index (χ1n) is 9.48. The van der Waals surface area contributed by atoms with Gasteiger partial charge in [-0.05, 0) is 18.1 Å². The highest BCUT2D eigenvalue weighted by atomic mass is 16.6. The number of ketones is 1. The van der Waals surface area contributed by atoms with E-state index in [0.717, 1.165) is 10.5 Å². The number of nitrogens with one attached hydrogen (secondary N) is 1. The molecule has 0 bridgehead atoms. The van der Waals surface area contributed by atoms with Crippen LogP contribution in [-0.2, 0) is 25.7 Å². The molecular formula is C22H22N2O6. The maximum atomic E-state index is 13.0. The lowest BCUT2D eigenvalue weighted by molar-refractivity contribution is -0.139. The number of ether oxygens (including phenoxy) is 2. The van der Waals surface area contributed by atoms with Crippen molar-refractivity contribution in [3.8, 4) is 0 Å². The fraction of sp³-hybridized carbons (Fsp3) is 0.273. The number of carbonyl (C=O) groups excluding carboxylic acids is 4. The van der Waals surface area contributed by atoms with Crippen LogP contribution in [0, 0.1) is 5.92 Å². The number of hydrogen-bond acceptors (Lipinski definition) is 6. The van der Waals surface area contributed by atoms with Gasteiger partial charge in [-0.3, -0.25) is 9.59 Å². The number of nitrogens with zero attached hydrogens (tertiary/aromatic N) is 1. The second-order valence-electron chi connectivity index (χ2n) is 6.79. The number of benzene rings is 2. The maximum Gasteiger partial charge on any atom is 0.416 e. The quantitative estimate of drug-likeness (QED) is 0.705. The third-order valence-electron chi connectivity index (χ3n) is 4.71. The van der Waals surface area contributed by atoms with E-state index in [1.165, 1.54) is 6.92 Å².